The van der Waals surface area contributed by atoms with E-state index in [1.165, 1.54) is 27.3 Å². The van der Waals surface area contributed by atoms with Crippen molar-refractivity contribution < 1.29 is 0 Å². The highest BCUT2D eigenvalue weighted by Crippen LogP contribution is 2.36. The first-order valence-electron chi connectivity index (χ1n) is 5.20. The maximum absolute atomic E-state index is 3.63. The number of rotatable bonds is 1. The van der Waals surface area contributed by atoms with E-state index in [4.69, 9.17) is 0 Å². The van der Waals surface area contributed by atoms with Gasteiger partial charge in [0.2, 0.25) is 0 Å². The van der Waals surface area contributed by atoms with Crippen molar-refractivity contribution in [3.05, 3.63) is 43.8 Å². The molecule has 0 aromatic carbocycles. The molecular formula is C12H13NS2. The van der Waals surface area contributed by atoms with Crippen molar-refractivity contribution in [1.29, 1.82) is 0 Å². The lowest BCUT2D eigenvalue weighted by atomic mass is 10.0. The van der Waals surface area contributed by atoms with Gasteiger partial charge in [-0.2, -0.15) is 0 Å². The highest BCUT2D eigenvalue weighted by molar-refractivity contribution is 7.11. The molecule has 2 aromatic rings. The molecule has 3 heteroatoms. The summed E-state index contributed by atoms with van der Waals surface area (Å²) in [4.78, 5) is 3.00. The average molecular weight is 235 g/mol. The molecule has 1 aliphatic rings. The summed E-state index contributed by atoms with van der Waals surface area (Å²) in [6.07, 6.45) is 1.18. The van der Waals surface area contributed by atoms with Gasteiger partial charge >= 0.3 is 0 Å². The van der Waals surface area contributed by atoms with Crippen molar-refractivity contribution in [3.63, 3.8) is 0 Å². The maximum Gasteiger partial charge on any atom is 0.0770 e. The van der Waals surface area contributed by atoms with Crippen molar-refractivity contribution in [3.8, 4) is 0 Å². The van der Waals surface area contributed by atoms with Gasteiger partial charge in [0.1, 0.15) is 0 Å². The number of aryl methyl sites for hydroxylation is 1. The Kier molecular flexibility index (Phi) is 2.39. The first kappa shape index (κ1) is 9.58. The molecule has 1 atom stereocenters. The van der Waals surface area contributed by atoms with E-state index in [0.717, 1.165) is 6.54 Å². The molecule has 3 rings (SSSR count). The van der Waals surface area contributed by atoms with Gasteiger partial charge in [0, 0.05) is 16.3 Å². The average Bonchev–Trinajstić information content (AvgIpc) is 2.85. The van der Waals surface area contributed by atoms with Gasteiger partial charge in [-0.15, -0.1) is 22.7 Å². The van der Waals surface area contributed by atoms with Crippen LogP contribution in [-0.2, 0) is 6.42 Å². The summed E-state index contributed by atoms with van der Waals surface area (Å²) in [5, 5.41) is 8.03. The SMILES string of the molecule is Cc1ccsc1C1NCCc2ccsc21. The van der Waals surface area contributed by atoms with Crippen LogP contribution in [0.2, 0.25) is 0 Å². The largest absolute Gasteiger partial charge is 0.305 e. The highest BCUT2D eigenvalue weighted by atomic mass is 32.1. The van der Waals surface area contributed by atoms with E-state index < -0.39 is 0 Å². The molecule has 0 saturated carbocycles. The molecule has 3 heterocycles. The normalized spacial score (nSPS) is 20.2. The van der Waals surface area contributed by atoms with Gasteiger partial charge in [-0.25, -0.2) is 0 Å². The fourth-order valence-corrected chi connectivity index (χ4v) is 4.27. The molecule has 0 aliphatic carbocycles. The molecule has 0 saturated heterocycles. The standard InChI is InChI=1S/C12H13NS2/c1-8-3-6-14-11(8)10-12-9(2-5-13-10)4-7-15-12/h3-4,6-7,10,13H,2,5H2,1H3. The van der Waals surface area contributed by atoms with Crippen LogP contribution < -0.4 is 5.32 Å². The molecule has 2 aromatic heterocycles. The van der Waals surface area contributed by atoms with Crippen LogP contribution in [0, 0.1) is 6.92 Å². The van der Waals surface area contributed by atoms with E-state index in [1.54, 1.807) is 0 Å². The Morgan fingerprint density at radius 2 is 2.00 bits per heavy atom. The molecule has 0 radical (unpaired) electrons. The zero-order chi connectivity index (χ0) is 10.3. The van der Waals surface area contributed by atoms with E-state index in [9.17, 15) is 0 Å². The van der Waals surface area contributed by atoms with Gasteiger partial charge in [0.25, 0.3) is 0 Å². The summed E-state index contributed by atoms with van der Waals surface area (Å²) in [6, 6.07) is 4.94. The van der Waals surface area contributed by atoms with Crippen molar-refractivity contribution in [1.82, 2.24) is 5.32 Å². The molecule has 1 unspecified atom stereocenters. The van der Waals surface area contributed by atoms with Crippen LogP contribution in [0.25, 0.3) is 0 Å². The number of thiophene rings is 2. The van der Waals surface area contributed by atoms with Gasteiger partial charge < -0.3 is 5.32 Å². The molecule has 1 nitrogen and oxygen atoms in total. The third-order valence-corrected chi connectivity index (χ3v) is 5.06. The van der Waals surface area contributed by atoms with Crippen LogP contribution in [0.5, 0.6) is 0 Å². The number of hydrogen-bond acceptors (Lipinski definition) is 3. The minimum absolute atomic E-state index is 0.453. The summed E-state index contributed by atoms with van der Waals surface area (Å²) in [5.74, 6) is 0. The van der Waals surface area contributed by atoms with Crippen LogP contribution in [0.1, 0.15) is 26.9 Å². The summed E-state index contributed by atoms with van der Waals surface area (Å²) >= 11 is 3.75. The number of fused-ring (bicyclic) bond motifs is 1. The Bertz CT molecular complexity index is 469. The minimum Gasteiger partial charge on any atom is -0.305 e. The zero-order valence-electron chi connectivity index (χ0n) is 8.62. The molecule has 0 amide bonds. The first-order chi connectivity index (χ1) is 7.36. The topological polar surface area (TPSA) is 12.0 Å². The van der Waals surface area contributed by atoms with Crippen LogP contribution in [0.4, 0.5) is 0 Å². The number of nitrogens with one attached hydrogen (secondary N) is 1. The molecule has 78 valence electrons. The van der Waals surface area contributed by atoms with Crippen LogP contribution >= 0.6 is 22.7 Å². The molecule has 1 aliphatic heterocycles. The third kappa shape index (κ3) is 1.55. The van der Waals surface area contributed by atoms with E-state index in [2.05, 4.69) is 35.1 Å². The Morgan fingerprint density at radius 3 is 2.80 bits per heavy atom. The van der Waals surface area contributed by atoms with Crippen LogP contribution in [0.15, 0.2) is 22.9 Å². The van der Waals surface area contributed by atoms with E-state index in [-0.39, 0.29) is 0 Å². The fraction of sp³-hybridized carbons (Fsp3) is 0.333. The van der Waals surface area contributed by atoms with Crippen LogP contribution in [-0.4, -0.2) is 6.54 Å². The Morgan fingerprint density at radius 1 is 1.20 bits per heavy atom. The maximum atomic E-state index is 3.63. The molecule has 15 heavy (non-hydrogen) atoms. The smallest absolute Gasteiger partial charge is 0.0770 e. The van der Waals surface area contributed by atoms with E-state index >= 15 is 0 Å². The monoisotopic (exact) mass is 235 g/mol. The molecule has 0 spiro atoms. The summed E-state index contributed by atoms with van der Waals surface area (Å²) in [6.45, 7) is 3.31. The predicted octanol–water partition coefficient (Wildman–Crippen LogP) is 3.35. The fourth-order valence-electron chi connectivity index (χ4n) is 2.14. The third-order valence-electron chi connectivity index (χ3n) is 2.95. The first-order valence-corrected chi connectivity index (χ1v) is 6.96. The predicted molar refractivity (Wildman–Crippen MR) is 66.9 cm³/mol. The van der Waals surface area contributed by atoms with Gasteiger partial charge in [0.05, 0.1) is 6.04 Å². The summed E-state index contributed by atoms with van der Waals surface area (Å²) < 4.78 is 0. The van der Waals surface area contributed by atoms with Gasteiger partial charge in [-0.1, -0.05) is 0 Å². The number of hydrogen-bond donors (Lipinski definition) is 1. The molecule has 1 N–H and O–H groups in total. The lowest BCUT2D eigenvalue weighted by molar-refractivity contribution is 0.583. The quantitative estimate of drug-likeness (QED) is 0.799. The second kappa shape index (κ2) is 3.74. The molecule has 0 bridgehead atoms. The van der Waals surface area contributed by atoms with E-state index in [1.807, 2.05) is 22.7 Å². The minimum atomic E-state index is 0.453. The van der Waals surface area contributed by atoms with Crippen molar-refractivity contribution in [2.75, 3.05) is 6.54 Å². The van der Waals surface area contributed by atoms with E-state index in [0.29, 0.717) is 6.04 Å². The summed E-state index contributed by atoms with van der Waals surface area (Å²) in [7, 11) is 0. The van der Waals surface area contributed by atoms with Crippen molar-refractivity contribution >= 4 is 22.7 Å². The second-order valence-electron chi connectivity index (χ2n) is 3.92. The van der Waals surface area contributed by atoms with Gasteiger partial charge in [-0.3, -0.25) is 0 Å². The zero-order valence-corrected chi connectivity index (χ0v) is 10.3. The second-order valence-corrected chi connectivity index (χ2v) is 5.81. The highest BCUT2D eigenvalue weighted by Gasteiger charge is 2.24. The molecular weight excluding hydrogens is 222 g/mol. The lowest BCUT2D eigenvalue weighted by Crippen LogP contribution is -2.29. The van der Waals surface area contributed by atoms with Gasteiger partial charge in [-0.05, 0) is 47.4 Å². The molecule has 0 fully saturated rings. The summed E-state index contributed by atoms with van der Waals surface area (Å²) in [5.41, 5.74) is 2.95. The Balaban J connectivity index is 2.07. The van der Waals surface area contributed by atoms with Crippen molar-refractivity contribution in [2.24, 2.45) is 0 Å². The lowest BCUT2D eigenvalue weighted by Gasteiger charge is -2.23. The van der Waals surface area contributed by atoms with Crippen molar-refractivity contribution in [2.45, 2.75) is 19.4 Å². The van der Waals surface area contributed by atoms with Crippen LogP contribution in [0.3, 0.4) is 0 Å². The Hall–Kier alpha value is -0.640. The Labute approximate surface area is 97.8 Å². The van der Waals surface area contributed by atoms with Gasteiger partial charge in [0.15, 0.2) is 0 Å².